The SMILES string of the molecule is Cc1cc(C)c([C@@H](C)NC(=O)[C@@H](C)Oc2ccc(F)cc2)cc1C. The second-order valence-electron chi connectivity index (χ2n) is 6.24. The summed E-state index contributed by atoms with van der Waals surface area (Å²) >= 11 is 0. The van der Waals surface area contributed by atoms with Crippen molar-refractivity contribution in [3.8, 4) is 5.75 Å². The van der Waals surface area contributed by atoms with Crippen LogP contribution in [0.3, 0.4) is 0 Å². The van der Waals surface area contributed by atoms with Crippen LogP contribution >= 0.6 is 0 Å². The van der Waals surface area contributed by atoms with Gasteiger partial charge in [-0.3, -0.25) is 4.79 Å². The maximum Gasteiger partial charge on any atom is 0.261 e. The molecule has 4 heteroatoms. The molecular weight excluding hydrogens is 305 g/mol. The van der Waals surface area contributed by atoms with Crippen LogP contribution in [0.15, 0.2) is 36.4 Å². The first-order valence-electron chi connectivity index (χ1n) is 8.08. The molecule has 1 N–H and O–H groups in total. The molecule has 2 rings (SSSR count). The molecule has 2 aromatic carbocycles. The molecule has 3 nitrogen and oxygen atoms in total. The number of hydrogen-bond acceptors (Lipinski definition) is 2. The van der Waals surface area contributed by atoms with Crippen molar-refractivity contribution in [3.05, 3.63) is 64.5 Å². The maximum atomic E-state index is 12.9. The van der Waals surface area contributed by atoms with Crippen molar-refractivity contribution < 1.29 is 13.9 Å². The Balaban J connectivity index is 2.03. The van der Waals surface area contributed by atoms with Gasteiger partial charge in [0, 0.05) is 0 Å². The Bertz CT molecular complexity index is 725. The summed E-state index contributed by atoms with van der Waals surface area (Å²) < 4.78 is 18.5. The van der Waals surface area contributed by atoms with Gasteiger partial charge in [0.2, 0.25) is 0 Å². The Morgan fingerprint density at radius 3 is 2.21 bits per heavy atom. The third-order valence-electron chi connectivity index (χ3n) is 4.20. The van der Waals surface area contributed by atoms with Crippen molar-refractivity contribution in [2.24, 2.45) is 0 Å². The van der Waals surface area contributed by atoms with E-state index in [4.69, 9.17) is 4.74 Å². The van der Waals surface area contributed by atoms with E-state index in [-0.39, 0.29) is 17.8 Å². The van der Waals surface area contributed by atoms with Gasteiger partial charge < -0.3 is 10.1 Å². The molecule has 0 aliphatic heterocycles. The van der Waals surface area contributed by atoms with Crippen LogP contribution in [-0.4, -0.2) is 12.0 Å². The van der Waals surface area contributed by atoms with Gasteiger partial charge in [0.05, 0.1) is 6.04 Å². The van der Waals surface area contributed by atoms with Crippen LogP contribution in [0.25, 0.3) is 0 Å². The van der Waals surface area contributed by atoms with Gasteiger partial charge in [0.25, 0.3) is 5.91 Å². The predicted octanol–water partition coefficient (Wildman–Crippen LogP) is 4.40. The van der Waals surface area contributed by atoms with E-state index in [2.05, 4.69) is 31.3 Å². The van der Waals surface area contributed by atoms with Crippen LogP contribution < -0.4 is 10.1 Å². The van der Waals surface area contributed by atoms with Gasteiger partial charge in [-0.15, -0.1) is 0 Å². The Kier molecular flexibility index (Phi) is 5.60. The van der Waals surface area contributed by atoms with Gasteiger partial charge in [-0.2, -0.15) is 0 Å². The van der Waals surface area contributed by atoms with Crippen LogP contribution in [0.4, 0.5) is 4.39 Å². The van der Waals surface area contributed by atoms with E-state index in [9.17, 15) is 9.18 Å². The molecule has 0 aliphatic rings. The molecule has 0 radical (unpaired) electrons. The number of hydrogen-bond donors (Lipinski definition) is 1. The zero-order valence-corrected chi connectivity index (χ0v) is 14.8. The van der Waals surface area contributed by atoms with Crippen molar-refractivity contribution >= 4 is 5.91 Å². The smallest absolute Gasteiger partial charge is 0.261 e. The van der Waals surface area contributed by atoms with Crippen molar-refractivity contribution in [2.45, 2.75) is 46.8 Å². The van der Waals surface area contributed by atoms with Gasteiger partial charge in [-0.05, 0) is 81.1 Å². The van der Waals surface area contributed by atoms with E-state index in [0.29, 0.717) is 5.75 Å². The number of nitrogens with one attached hydrogen (secondary N) is 1. The third kappa shape index (κ3) is 4.34. The van der Waals surface area contributed by atoms with Crippen LogP contribution in [0, 0.1) is 26.6 Å². The second kappa shape index (κ2) is 7.47. The molecule has 2 aromatic rings. The fraction of sp³-hybridized carbons (Fsp3) is 0.350. The van der Waals surface area contributed by atoms with E-state index in [0.717, 1.165) is 11.1 Å². The standard InChI is InChI=1S/C20H24FNO2/c1-12-10-14(3)19(11-13(12)2)15(4)22-20(23)16(5)24-18-8-6-17(21)7-9-18/h6-11,15-16H,1-5H3,(H,22,23)/t15-,16-/m1/s1. The summed E-state index contributed by atoms with van der Waals surface area (Å²) in [6.45, 7) is 9.82. The third-order valence-corrected chi connectivity index (χ3v) is 4.20. The highest BCUT2D eigenvalue weighted by atomic mass is 19.1. The van der Waals surface area contributed by atoms with Crippen LogP contribution in [0.5, 0.6) is 5.75 Å². The minimum atomic E-state index is -0.662. The predicted molar refractivity (Wildman–Crippen MR) is 93.7 cm³/mol. The molecule has 128 valence electrons. The Morgan fingerprint density at radius 1 is 1.00 bits per heavy atom. The Labute approximate surface area is 142 Å². The van der Waals surface area contributed by atoms with Gasteiger partial charge in [0.1, 0.15) is 11.6 Å². The van der Waals surface area contributed by atoms with Gasteiger partial charge in [-0.1, -0.05) is 12.1 Å². The largest absolute Gasteiger partial charge is 0.481 e. The lowest BCUT2D eigenvalue weighted by Gasteiger charge is -2.21. The summed E-state index contributed by atoms with van der Waals surface area (Å²) in [5.41, 5.74) is 4.69. The number of rotatable bonds is 5. The fourth-order valence-electron chi connectivity index (χ4n) is 2.63. The summed E-state index contributed by atoms with van der Waals surface area (Å²) in [5.74, 6) is -0.0724. The number of aryl methyl sites for hydroxylation is 3. The zero-order chi connectivity index (χ0) is 17.9. The monoisotopic (exact) mass is 329 g/mol. The average molecular weight is 329 g/mol. The van der Waals surface area contributed by atoms with E-state index < -0.39 is 6.10 Å². The van der Waals surface area contributed by atoms with E-state index >= 15 is 0 Å². The number of ether oxygens (including phenoxy) is 1. The normalized spacial score (nSPS) is 13.2. The summed E-state index contributed by atoms with van der Waals surface area (Å²) in [4.78, 5) is 12.4. The van der Waals surface area contributed by atoms with E-state index in [1.165, 1.54) is 35.4 Å². The average Bonchev–Trinajstić information content (AvgIpc) is 2.52. The lowest BCUT2D eigenvalue weighted by atomic mass is 9.96. The maximum absolute atomic E-state index is 12.9. The fourth-order valence-corrected chi connectivity index (χ4v) is 2.63. The zero-order valence-electron chi connectivity index (χ0n) is 14.8. The van der Waals surface area contributed by atoms with Crippen LogP contribution in [-0.2, 0) is 4.79 Å². The Morgan fingerprint density at radius 2 is 1.58 bits per heavy atom. The lowest BCUT2D eigenvalue weighted by molar-refractivity contribution is -0.127. The molecular formula is C20H24FNO2. The minimum absolute atomic E-state index is 0.115. The quantitative estimate of drug-likeness (QED) is 0.883. The number of benzene rings is 2. The van der Waals surface area contributed by atoms with Crippen molar-refractivity contribution in [2.75, 3.05) is 0 Å². The topological polar surface area (TPSA) is 38.3 Å². The minimum Gasteiger partial charge on any atom is -0.481 e. The lowest BCUT2D eigenvalue weighted by Crippen LogP contribution is -2.38. The highest BCUT2D eigenvalue weighted by Gasteiger charge is 2.19. The molecule has 0 aromatic heterocycles. The molecule has 0 saturated carbocycles. The highest BCUT2D eigenvalue weighted by molar-refractivity contribution is 5.81. The molecule has 2 atom stereocenters. The van der Waals surface area contributed by atoms with Crippen molar-refractivity contribution in [1.29, 1.82) is 0 Å². The molecule has 0 unspecified atom stereocenters. The van der Waals surface area contributed by atoms with Crippen molar-refractivity contribution in [3.63, 3.8) is 0 Å². The van der Waals surface area contributed by atoms with Gasteiger partial charge in [0.15, 0.2) is 6.10 Å². The molecule has 24 heavy (non-hydrogen) atoms. The molecule has 0 spiro atoms. The molecule has 0 saturated heterocycles. The second-order valence-corrected chi connectivity index (χ2v) is 6.24. The molecule has 1 amide bonds. The molecule has 0 aliphatic carbocycles. The van der Waals surface area contributed by atoms with Crippen LogP contribution in [0.1, 0.15) is 42.1 Å². The van der Waals surface area contributed by atoms with E-state index in [1.54, 1.807) is 6.92 Å². The summed E-state index contributed by atoms with van der Waals surface area (Å²) in [5, 5.41) is 2.98. The van der Waals surface area contributed by atoms with Gasteiger partial charge in [-0.25, -0.2) is 4.39 Å². The molecule has 0 heterocycles. The Hall–Kier alpha value is -2.36. The summed E-state index contributed by atoms with van der Waals surface area (Å²) in [6, 6.07) is 9.76. The highest BCUT2D eigenvalue weighted by Crippen LogP contribution is 2.22. The number of amides is 1. The van der Waals surface area contributed by atoms with Gasteiger partial charge >= 0.3 is 0 Å². The molecule has 0 bridgehead atoms. The summed E-state index contributed by atoms with van der Waals surface area (Å²) in [7, 11) is 0. The van der Waals surface area contributed by atoms with E-state index in [1.807, 2.05) is 13.8 Å². The first-order chi connectivity index (χ1) is 11.3. The first-order valence-corrected chi connectivity index (χ1v) is 8.08. The number of halogens is 1. The van der Waals surface area contributed by atoms with Crippen molar-refractivity contribution in [1.82, 2.24) is 5.32 Å². The number of carbonyl (C=O) groups is 1. The number of carbonyl (C=O) groups excluding carboxylic acids is 1. The van der Waals surface area contributed by atoms with Crippen LogP contribution in [0.2, 0.25) is 0 Å². The first kappa shape index (κ1) is 18.0. The summed E-state index contributed by atoms with van der Waals surface area (Å²) in [6.07, 6.45) is -0.662. The molecule has 0 fully saturated rings.